The molecule has 132 valence electrons. The average Bonchev–Trinajstić information content (AvgIpc) is 2.63. The maximum Gasteiger partial charge on any atom is 0.267 e. The molecule has 2 heterocycles. The van der Waals surface area contributed by atoms with Crippen LogP contribution in [0.5, 0.6) is 0 Å². The van der Waals surface area contributed by atoms with E-state index in [0.29, 0.717) is 17.0 Å². The summed E-state index contributed by atoms with van der Waals surface area (Å²) in [5.41, 5.74) is 2.20. The van der Waals surface area contributed by atoms with Gasteiger partial charge in [-0.05, 0) is 43.3 Å². The lowest BCUT2D eigenvalue weighted by molar-refractivity contribution is -0.122. The van der Waals surface area contributed by atoms with Gasteiger partial charge in [-0.15, -0.1) is 0 Å². The molecule has 0 fully saturated rings. The number of benzene rings is 1. The Hall–Kier alpha value is -3.42. The fourth-order valence-corrected chi connectivity index (χ4v) is 2.32. The van der Waals surface area contributed by atoms with Gasteiger partial charge in [0.25, 0.3) is 5.56 Å². The summed E-state index contributed by atoms with van der Waals surface area (Å²) in [5.74, 6) is -0.728. The highest BCUT2D eigenvalue weighted by Gasteiger charge is 2.08. The van der Waals surface area contributed by atoms with Crippen LogP contribution in [-0.4, -0.2) is 25.7 Å². The first-order valence-corrected chi connectivity index (χ1v) is 7.89. The van der Waals surface area contributed by atoms with Gasteiger partial charge in [0.2, 0.25) is 5.91 Å². The van der Waals surface area contributed by atoms with Gasteiger partial charge in [0, 0.05) is 17.3 Å². The van der Waals surface area contributed by atoms with Crippen molar-refractivity contribution in [2.75, 3.05) is 0 Å². The van der Waals surface area contributed by atoms with Gasteiger partial charge < -0.3 is 5.32 Å². The molecule has 0 radical (unpaired) electrons. The maximum atomic E-state index is 13.0. The second-order valence-electron chi connectivity index (χ2n) is 5.65. The minimum absolute atomic E-state index is 0.224. The zero-order valence-corrected chi connectivity index (χ0v) is 14.0. The lowest BCUT2D eigenvalue weighted by atomic mass is 10.1. The van der Waals surface area contributed by atoms with Crippen LogP contribution in [0.25, 0.3) is 11.3 Å². The van der Waals surface area contributed by atoms with Gasteiger partial charge in [-0.3, -0.25) is 9.59 Å². The van der Waals surface area contributed by atoms with Gasteiger partial charge in [0.1, 0.15) is 18.7 Å². The quantitative estimate of drug-likeness (QED) is 0.750. The third-order valence-electron chi connectivity index (χ3n) is 3.63. The Kier molecular flexibility index (Phi) is 5.12. The van der Waals surface area contributed by atoms with Crippen LogP contribution in [0, 0.1) is 12.7 Å². The standard InChI is InChI=1S/C18H16FN5O2/c1-12-8-15(22-11-21-12)9-20-17(25)10-24-18(26)7-6-16(23-24)13-2-4-14(19)5-3-13/h2-8,11H,9-10H2,1H3,(H,20,25). The summed E-state index contributed by atoms with van der Waals surface area (Å²) in [7, 11) is 0. The van der Waals surface area contributed by atoms with Gasteiger partial charge in [0.15, 0.2) is 0 Å². The Labute approximate surface area is 148 Å². The predicted molar refractivity (Wildman–Crippen MR) is 92.5 cm³/mol. The predicted octanol–water partition coefficient (Wildman–Crippen LogP) is 1.46. The molecule has 26 heavy (non-hydrogen) atoms. The number of carbonyl (C=O) groups excluding carboxylic acids is 1. The highest BCUT2D eigenvalue weighted by Crippen LogP contribution is 2.15. The van der Waals surface area contributed by atoms with Crippen LogP contribution in [0.1, 0.15) is 11.4 Å². The molecule has 0 saturated heterocycles. The highest BCUT2D eigenvalue weighted by atomic mass is 19.1. The molecular formula is C18H16FN5O2. The Morgan fingerprint density at radius 2 is 1.92 bits per heavy atom. The van der Waals surface area contributed by atoms with Crippen LogP contribution in [0.15, 0.2) is 53.6 Å². The van der Waals surface area contributed by atoms with Crippen molar-refractivity contribution in [2.24, 2.45) is 0 Å². The van der Waals surface area contributed by atoms with Gasteiger partial charge in [-0.1, -0.05) is 0 Å². The minimum atomic E-state index is -0.399. The Morgan fingerprint density at radius 1 is 1.15 bits per heavy atom. The van der Waals surface area contributed by atoms with Crippen LogP contribution in [0.3, 0.4) is 0 Å². The molecule has 3 aromatic rings. The largest absolute Gasteiger partial charge is 0.349 e. The van der Waals surface area contributed by atoms with Crippen molar-refractivity contribution in [1.82, 2.24) is 25.1 Å². The van der Waals surface area contributed by atoms with Gasteiger partial charge in [-0.2, -0.15) is 5.10 Å². The maximum absolute atomic E-state index is 13.0. The Morgan fingerprint density at radius 3 is 2.65 bits per heavy atom. The monoisotopic (exact) mass is 353 g/mol. The molecule has 7 nitrogen and oxygen atoms in total. The van der Waals surface area contributed by atoms with Crippen LogP contribution in [0.2, 0.25) is 0 Å². The molecule has 3 rings (SSSR count). The van der Waals surface area contributed by atoms with E-state index in [1.807, 2.05) is 6.92 Å². The van der Waals surface area contributed by atoms with E-state index in [1.54, 1.807) is 18.2 Å². The van der Waals surface area contributed by atoms with E-state index < -0.39 is 5.56 Å². The number of rotatable bonds is 5. The number of nitrogens with zero attached hydrogens (tertiary/aromatic N) is 4. The summed E-state index contributed by atoms with van der Waals surface area (Å²) in [6.45, 7) is 1.84. The van der Waals surface area contributed by atoms with Gasteiger partial charge in [-0.25, -0.2) is 19.0 Å². The van der Waals surface area contributed by atoms with Crippen molar-refractivity contribution in [3.05, 3.63) is 76.4 Å². The topological polar surface area (TPSA) is 89.8 Å². The Bertz CT molecular complexity index is 985. The molecule has 0 aliphatic carbocycles. The number of halogens is 1. The van der Waals surface area contributed by atoms with Crippen molar-refractivity contribution < 1.29 is 9.18 Å². The fraction of sp³-hybridized carbons (Fsp3) is 0.167. The summed E-state index contributed by atoms with van der Waals surface area (Å²) in [4.78, 5) is 32.1. The number of hydrogen-bond acceptors (Lipinski definition) is 5. The molecule has 2 aromatic heterocycles. The van der Waals surface area contributed by atoms with E-state index in [4.69, 9.17) is 0 Å². The average molecular weight is 353 g/mol. The zero-order chi connectivity index (χ0) is 18.5. The molecule has 1 amide bonds. The molecule has 0 aliphatic heterocycles. The summed E-state index contributed by atoms with van der Waals surface area (Å²) >= 11 is 0. The third kappa shape index (κ3) is 4.35. The molecule has 1 N–H and O–H groups in total. The molecule has 0 saturated carbocycles. The van der Waals surface area contributed by atoms with E-state index >= 15 is 0 Å². The van der Waals surface area contributed by atoms with Crippen molar-refractivity contribution in [1.29, 1.82) is 0 Å². The Balaban J connectivity index is 1.70. The van der Waals surface area contributed by atoms with Gasteiger partial charge in [0.05, 0.1) is 17.9 Å². The molecule has 0 spiro atoms. The zero-order valence-electron chi connectivity index (χ0n) is 14.0. The van der Waals surface area contributed by atoms with Crippen LogP contribution in [-0.2, 0) is 17.9 Å². The second kappa shape index (κ2) is 7.64. The first-order chi connectivity index (χ1) is 12.5. The first kappa shape index (κ1) is 17.4. The molecular weight excluding hydrogens is 337 g/mol. The molecule has 1 aromatic carbocycles. The smallest absolute Gasteiger partial charge is 0.267 e. The van der Waals surface area contributed by atoms with E-state index in [9.17, 15) is 14.0 Å². The highest BCUT2D eigenvalue weighted by molar-refractivity contribution is 5.75. The van der Waals surface area contributed by atoms with E-state index in [2.05, 4.69) is 20.4 Å². The molecule has 0 unspecified atom stereocenters. The lowest BCUT2D eigenvalue weighted by Crippen LogP contribution is -2.33. The molecule has 0 aliphatic rings. The summed E-state index contributed by atoms with van der Waals surface area (Å²) in [6.07, 6.45) is 1.43. The third-order valence-corrected chi connectivity index (χ3v) is 3.63. The number of hydrogen-bond donors (Lipinski definition) is 1. The number of aryl methyl sites for hydroxylation is 1. The van der Waals surface area contributed by atoms with Crippen LogP contribution < -0.4 is 10.9 Å². The number of aromatic nitrogens is 4. The summed E-state index contributed by atoms with van der Waals surface area (Å²) in [5, 5.41) is 6.87. The SMILES string of the molecule is Cc1cc(CNC(=O)Cn2nc(-c3ccc(F)cc3)ccc2=O)ncn1. The van der Waals surface area contributed by atoms with Crippen molar-refractivity contribution in [3.8, 4) is 11.3 Å². The molecule has 8 heteroatoms. The number of carbonyl (C=O) groups is 1. The first-order valence-electron chi connectivity index (χ1n) is 7.89. The lowest BCUT2D eigenvalue weighted by Gasteiger charge is -2.08. The normalized spacial score (nSPS) is 10.5. The second-order valence-corrected chi connectivity index (χ2v) is 5.65. The number of nitrogens with one attached hydrogen (secondary N) is 1. The molecule has 0 bridgehead atoms. The van der Waals surface area contributed by atoms with E-state index in [1.165, 1.54) is 30.6 Å². The van der Waals surface area contributed by atoms with Crippen LogP contribution in [0.4, 0.5) is 4.39 Å². The van der Waals surface area contributed by atoms with Crippen molar-refractivity contribution in [3.63, 3.8) is 0 Å². The molecule has 0 atom stereocenters. The van der Waals surface area contributed by atoms with E-state index in [0.717, 1.165) is 10.4 Å². The fourth-order valence-electron chi connectivity index (χ4n) is 2.32. The van der Waals surface area contributed by atoms with E-state index in [-0.39, 0.29) is 24.8 Å². The summed E-state index contributed by atoms with van der Waals surface area (Å²) < 4.78 is 14.1. The van der Waals surface area contributed by atoms with Crippen LogP contribution >= 0.6 is 0 Å². The number of amides is 1. The summed E-state index contributed by atoms with van der Waals surface area (Å²) in [6, 6.07) is 10.4. The minimum Gasteiger partial charge on any atom is -0.349 e. The van der Waals surface area contributed by atoms with Crippen molar-refractivity contribution >= 4 is 5.91 Å². The van der Waals surface area contributed by atoms with Crippen molar-refractivity contribution in [2.45, 2.75) is 20.0 Å². The van der Waals surface area contributed by atoms with Gasteiger partial charge >= 0.3 is 0 Å².